The highest BCUT2D eigenvalue weighted by molar-refractivity contribution is 7.99. The van der Waals surface area contributed by atoms with Gasteiger partial charge in [-0.3, -0.25) is 4.72 Å². The van der Waals surface area contributed by atoms with Gasteiger partial charge >= 0.3 is 6.18 Å². The van der Waals surface area contributed by atoms with Crippen molar-refractivity contribution >= 4 is 39.1 Å². The predicted molar refractivity (Wildman–Crippen MR) is 131 cm³/mol. The number of nitrogens with zero attached hydrogens (tertiary/aromatic N) is 1. The lowest BCUT2D eigenvalue weighted by atomic mass is 10.1. The Kier molecular flexibility index (Phi) is 7.93. The van der Waals surface area contributed by atoms with E-state index in [1.165, 1.54) is 24.3 Å². The first-order valence-electron chi connectivity index (χ1n) is 10.8. The molecular weight excluding hydrogens is 559 g/mol. The van der Waals surface area contributed by atoms with Gasteiger partial charge in [-0.25, -0.2) is 17.2 Å². The number of likely N-dealkylation sites (tertiary alicyclic amines) is 1. The third-order valence-electron chi connectivity index (χ3n) is 5.50. The van der Waals surface area contributed by atoms with E-state index in [1.54, 1.807) is 0 Å². The first kappa shape index (κ1) is 27.5. The number of alkyl halides is 3. The van der Waals surface area contributed by atoms with Gasteiger partial charge in [0.05, 0.1) is 16.3 Å². The standard InChI is InChI=1S/C24H20ClF5N2O3S2/c1-32-9-8-16(13-32)35-21-11-15(3-5-18(21)24(28,29)30)31-37(33,34)23-7-4-17(12-19(23)25)36-22-6-2-14(26)10-20(22)27/h2-7,10-12,16,31H,8-9,13H2,1H3/t16-/m1/s1. The third kappa shape index (κ3) is 6.67. The van der Waals surface area contributed by atoms with Crippen molar-refractivity contribution in [3.8, 4) is 5.75 Å². The minimum atomic E-state index is -4.70. The van der Waals surface area contributed by atoms with Crippen LogP contribution >= 0.6 is 23.4 Å². The number of halogens is 6. The molecule has 37 heavy (non-hydrogen) atoms. The van der Waals surface area contributed by atoms with E-state index in [-0.39, 0.29) is 20.5 Å². The molecule has 5 nitrogen and oxygen atoms in total. The van der Waals surface area contributed by atoms with Gasteiger partial charge in [-0.1, -0.05) is 23.4 Å². The molecule has 0 unspecified atom stereocenters. The molecule has 0 aliphatic carbocycles. The van der Waals surface area contributed by atoms with E-state index in [4.69, 9.17) is 16.3 Å². The summed E-state index contributed by atoms with van der Waals surface area (Å²) >= 11 is 7.10. The molecule has 0 amide bonds. The molecule has 1 atom stereocenters. The Hall–Kier alpha value is -2.54. The first-order chi connectivity index (χ1) is 17.3. The molecule has 1 aliphatic rings. The maximum Gasteiger partial charge on any atom is 0.419 e. The van der Waals surface area contributed by atoms with Crippen LogP contribution in [0.4, 0.5) is 27.6 Å². The molecule has 1 fully saturated rings. The number of ether oxygens (including phenoxy) is 1. The Morgan fingerprint density at radius 2 is 1.84 bits per heavy atom. The highest BCUT2D eigenvalue weighted by Gasteiger charge is 2.36. The van der Waals surface area contributed by atoms with Crippen molar-refractivity contribution in [2.75, 3.05) is 24.9 Å². The van der Waals surface area contributed by atoms with Crippen LogP contribution in [0.5, 0.6) is 5.75 Å². The van der Waals surface area contributed by atoms with E-state index in [0.29, 0.717) is 24.4 Å². The van der Waals surface area contributed by atoms with Crippen molar-refractivity contribution in [3.05, 3.63) is 76.8 Å². The zero-order valence-electron chi connectivity index (χ0n) is 19.2. The molecule has 3 aromatic rings. The number of rotatable bonds is 7. The molecular formula is C24H20ClF5N2O3S2. The maximum absolute atomic E-state index is 13.9. The fourth-order valence-electron chi connectivity index (χ4n) is 3.75. The van der Waals surface area contributed by atoms with Gasteiger partial charge in [0.25, 0.3) is 10.0 Å². The number of anilines is 1. The van der Waals surface area contributed by atoms with Crippen LogP contribution in [0.1, 0.15) is 12.0 Å². The number of hydrogen-bond donors (Lipinski definition) is 1. The van der Waals surface area contributed by atoms with Crippen molar-refractivity contribution in [1.29, 1.82) is 0 Å². The predicted octanol–water partition coefficient (Wildman–Crippen LogP) is 6.67. The van der Waals surface area contributed by atoms with Gasteiger partial charge in [0.2, 0.25) is 0 Å². The lowest BCUT2D eigenvalue weighted by Crippen LogP contribution is -2.23. The molecule has 13 heteroatoms. The Balaban J connectivity index is 1.57. The minimum Gasteiger partial charge on any atom is -0.488 e. The smallest absolute Gasteiger partial charge is 0.419 e. The first-order valence-corrected chi connectivity index (χ1v) is 13.5. The molecule has 4 rings (SSSR count). The summed E-state index contributed by atoms with van der Waals surface area (Å²) in [4.78, 5) is 2.08. The number of hydrogen-bond acceptors (Lipinski definition) is 5. The lowest BCUT2D eigenvalue weighted by molar-refractivity contribution is -0.139. The molecule has 1 heterocycles. The van der Waals surface area contributed by atoms with E-state index < -0.39 is 45.3 Å². The molecule has 198 valence electrons. The molecule has 1 aliphatic heterocycles. The number of likely N-dealkylation sites (N-methyl/N-ethyl adjacent to an activating group) is 1. The average Bonchev–Trinajstić information content (AvgIpc) is 3.19. The van der Waals surface area contributed by atoms with E-state index >= 15 is 0 Å². The quantitative estimate of drug-likeness (QED) is 0.317. The van der Waals surface area contributed by atoms with Crippen LogP contribution in [0.2, 0.25) is 5.02 Å². The zero-order chi connectivity index (χ0) is 27.0. The van der Waals surface area contributed by atoms with Gasteiger partial charge in [0.1, 0.15) is 28.4 Å². The summed E-state index contributed by atoms with van der Waals surface area (Å²) in [5.74, 6) is -2.00. The number of benzene rings is 3. The average molecular weight is 579 g/mol. The second-order valence-corrected chi connectivity index (χ2v) is 11.5. The summed E-state index contributed by atoms with van der Waals surface area (Å²) in [5, 5.41) is -0.197. The summed E-state index contributed by atoms with van der Waals surface area (Å²) in [5.41, 5.74) is -1.16. The van der Waals surface area contributed by atoms with E-state index in [1.807, 2.05) is 11.9 Å². The number of sulfonamides is 1. The van der Waals surface area contributed by atoms with Gasteiger partial charge < -0.3 is 9.64 Å². The van der Waals surface area contributed by atoms with Crippen molar-refractivity contribution in [3.63, 3.8) is 0 Å². The van der Waals surface area contributed by atoms with Crippen molar-refractivity contribution in [2.24, 2.45) is 0 Å². The molecule has 1 N–H and O–H groups in total. The van der Waals surface area contributed by atoms with Crippen molar-refractivity contribution < 1.29 is 35.1 Å². The summed E-state index contributed by atoms with van der Waals surface area (Å²) in [6, 6.07) is 9.64. The van der Waals surface area contributed by atoms with Crippen LogP contribution in [0.15, 0.2) is 69.3 Å². The molecule has 0 radical (unpaired) electrons. The van der Waals surface area contributed by atoms with E-state index in [2.05, 4.69) is 4.72 Å². The Morgan fingerprint density at radius 1 is 1.08 bits per heavy atom. The van der Waals surface area contributed by atoms with Gasteiger partial charge in [0, 0.05) is 35.0 Å². The van der Waals surface area contributed by atoms with Crippen LogP contribution in [-0.4, -0.2) is 39.6 Å². The highest BCUT2D eigenvalue weighted by Crippen LogP contribution is 2.39. The van der Waals surface area contributed by atoms with Gasteiger partial charge in [-0.15, -0.1) is 0 Å². The molecule has 0 spiro atoms. The fourth-order valence-corrected chi connectivity index (χ4v) is 6.27. The van der Waals surface area contributed by atoms with Crippen LogP contribution in [-0.2, 0) is 16.2 Å². The van der Waals surface area contributed by atoms with Gasteiger partial charge in [-0.2, -0.15) is 13.2 Å². The summed E-state index contributed by atoms with van der Waals surface area (Å²) in [6.07, 6.45) is -4.63. The Labute approximate surface area is 219 Å². The van der Waals surface area contributed by atoms with Gasteiger partial charge in [-0.05, 0) is 55.9 Å². The van der Waals surface area contributed by atoms with Crippen LogP contribution in [0.25, 0.3) is 0 Å². The number of nitrogens with one attached hydrogen (secondary N) is 1. The second kappa shape index (κ2) is 10.7. The van der Waals surface area contributed by atoms with Crippen molar-refractivity contribution in [1.82, 2.24) is 4.90 Å². The maximum atomic E-state index is 13.9. The zero-order valence-corrected chi connectivity index (χ0v) is 21.5. The molecule has 0 bridgehead atoms. The monoisotopic (exact) mass is 578 g/mol. The largest absolute Gasteiger partial charge is 0.488 e. The lowest BCUT2D eigenvalue weighted by Gasteiger charge is -2.19. The third-order valence-corrected chi connectivity index (χ3v) is 8.40. The highest BCUT2D eigenvalue weighted by atomic mass is 35.5. The van der Waals surface area contributed by atoms with Crippen LogP contribution in [0.3, 0.4) is 0 Å². The second-order valence-electron chi connectivity index (χ2n) is 8.37. The Bertz CT molecular complexity index is 1420. The normalized spacial score (nSPS) is 16.7. The van der Waals surface area contributed by atoms with Crippen molar-refractivity contribution in [2.45, 2.75) is 33.4 Å². The summed E-state index contributed by atoms with van der Waals surface area (Å²) < 4.78 is 101. The SMILES string of the molecule is CN1CC[C@@H](Oc2cc(NS(=O)(=O)c3ccc(Sc4ccc(F)cc4F)cc3Cl)ccc2C(F)(F)F)C1. The molecule has 0 aromatic heterocycles. The molecule has 3 aromatic carbocycles. The molecule has 0 saturated carbocycles. The Morgan fingerprint density at radius 3 is 2.46 bits per heavy atom. The fraction of sp³-hybridized carbons (Fsp3) is 0.250. The van der Waals surface area contributed by atoms with Gasteiger partial charge in [0.15, 0.2) is 0 Å². The van der Waals surface area contributed by atoms with E-state index in [0.717, 1.165) is 42.1 Å². The van der Waals surface area contributed by atoms with E-state index in [9.17, 15) is 30.4 Å². The summed E-state index contributed by atoms with van der Waals surface area (Å²) in [7, 11) is -2.49. The topological polar surface area (TPSA) is 58.6 Å². The molecule has 1 saturated heterocycles. The minimum absolute atomic E-state index is 0.108. The van der Waals surface area contributed by atoms with Crippen LogP contribution in [0, 0.1) is 11.6 Å². The van der Waals surface area contributed by atoms with Crippen LogP contribution < -0.4 is 9.46 Å². The summed E-state index contributed by atoms with van der Waals surface area (Å²) in [6.45, 7) is 1.11.